The van der Waals surface area contributed by atoms with Gasteiger partial charge in [-0.2, -0.15) is 0 Å². The van der Waals surface area contributed by atoms with Crippen molar-refractivity contribution in [2.24, 2.45) is 5.41 Å². The van der Waals surface area contributed by atoms with Crippen LogP contribution in [0.2, 0.25) is 10.0 Å². The fraction of sp³-hybridized carbons (Fsp3) is 0.481. The Morgan fingerprint density at radius 3 is 2.28 bits per heavy atom. The summed E-state index contributed by atoms with van der Waals surface area (Å²) in [5.74, 6) is -1.91. The molecule has 3 rings (SSSR count). The van der Waals surface area contributed by atoms with Crippen LogP contribution in [0.25, 0.3) is 0 Å². The Hall–Kier alpha value is -2.09. The van der Waals surface area contributed by atoms with Gasteiger partial charge in [-0.05, 0) is 54.7 Å². The summed E-state index contributed by atoms with van der Waals surface area (Å²) in [6, 6.07) is 13.4. The fourth-order valence-corrected chi connectivity index (χ4v) is 6.90. The van der Waals surface area contributed by atoms with Crippen molar-refractivity contribution >= 4 is 44.9 Å². The van der Waals surface area contributed by atoms with Crippen molar-refractivity contribution in [1.82, 2.24) is 4.90 Å². The maximum Gasteiger partial charge on any atom is 0.304 e. The smallest absolute Gasteiger partial charge is 0.304 e. The van der Waals surface area contributed by atoms with Gasteiger partial charge in [0.1, 0.15) is 0 Å². The number of rotatable bonds is 10. The van der Waals surface area contributed by atoms with Gasteiger partial charge in [-0.1, -0.05) is 68.2 Å². The summed E-state index contributed by atoms with van der Waals surface area (Å²) in [6.07, 6.45) is 0.691. The molecule has 0 radical (unpaired) electrons. The number of carboxylic acid groups (broad SMARTS) is 1. The van der Waals surface area contributed by atoms with E-state index in [0.29, 0.717) is 29.3 Å². The average Bonchev–Trinajstić information content (AvgIpc) is 2.84. The van der Waals surface area contributed by atoms with E-state index in [9.17, 15) is 23.1 Å². The Morgan fingerprint density at radius 2 is 1.75 bits per heavy atom. The SMILES string of the molecule is CC[C@@H](CS(=O)(=O)CC)N1C(=O)[C@@](CC)(CC(=O)O)C[C@H](c2cccc(Cl)c2)[C@H]1c1ccc(Cl)cc1. The zero-order valence-corrected chi connectivity index (χ0v) is 23.1. The fourth-order valence-electron chi connectivity index (χ4n) is 5.36. The van der Waals surface area contributed by atoms with Crippen LogP contribution in [-0.4, -0.2) is 47.8 Å². The number of piperidine rings is 1. The number of halogens is 2. The number of benzene rings is 2. The van der Waals surface area contributed by atoms with Crippen molar-refractivity contribution in [3.8, 4) is 0 Å². The lowest BCUT2D eigenvalue weighted by Crippen LogP contribution is -2.58. The number of aliphatic carboxylic acids is 1. The van der Waals surface area contributed by atoms with E-state index in [4.69, 9.17) is 23.2 Å². The molecule has 0 aromatic heterocycles. The molecule has 0 bridgehead atoms. The van der Waals surface area contributed by atoms with Crippen molar-refractivity contribution in [3.05, 3.63) is 69.7 Å². The second-order valence-electron chi connectivity index (χ2n) is 9.54. The van der Waals surface area contributed by atoms with E-state index in [-0.39, 0.29) is 29.8 Å². The molecule has 1 amide bonds. The zero-order valence-electron chi connectivity index (χ0n) is 20.8. The minimum Gasteiger partial charge on any atom is -0.481 e. The van der Waals surface area contributed by atoms with Gasteiger partial charge in [0.2, 0.25) is 5.91 Å². The molecule has 4 atom stereocenters. The van der Waals surface area contributed by atoms with E-state index >= 15 is 0 Å². The molecule has 1 heterocycles. The second-order valence-corrected chi connectivity index (χ2v) is 12.8. The predicted octanol–water partition coefficient (Wildman–Crippen LogP) is 6.14. The summed E-state index contributed by atoms with van der Waals surface area (Å²) in [7, 11) is -3.42. The van der Waals surface area contributed by atoms with Crippen LogP contribution in [0.5, 0.6) is 0 Å². The third kappa shape index (κ3) is 6.06. The van der Waals surface area contributed by atoms with E-state index in [1.165, 1.54) is 0 Å². The molecule has 9 heteroatoms. The lowest BCUT2D eigenvalue weighted by molar-refractivity contribution is -0.161. The van der Waals surface area contributed by atoms with E-state index in [1.54, 1.807) is 30.0 Å². The third-order valence-electron chi connectivity index (χ3n) is 7.39. The summed E-state index contributed by atoms with van der Waals surface area (Å²) < 4.78 is 25.5. The van der Waals surface area contributed by atoms with Crippen molar-refractivity contribution in [2.75, 3.05) is 11.5 Å². The van der Waals surface area contributed by atoms with Crippen LogP contribution in [-0.2, 0) is 19.4 Å². The van der Waals surface area contributed by atoms with Gasteiger partial charge in [-0.15, -0.1) is 0 Å². The van der Waals surface area contributed by atoms with E-state index in [1.807, 2.05) is 44.2 Å². The van der Waals surface area contributed by atoms with Gasteiger partial charge in [0.05, 0.1) is 23.6 Å². The third-order valence-corrected chi connectivity index (χ3v) is 9.64. The first kappa shape index (κ1) is 28.5. The Morgan fingerprint density at radius 1 is 1.08 bits per heavy atom. The molecule has 1 aliphatic heterocycles. The normalized spacial score (nSPS) is 23.5. The van der Waals surface area contributed by atoms with E-state index < -0.39 is 33.3 Å². The maximum absolute atomic E-state index is 14.3. The monoisotopic (exact) mass is 553 g/mol. The Kier molecular flexibility index (Phi) is 9.12. The van der Waals surface area contributed by atoms with Crippen LogP contribution in [0.15, 0.2) is 48.5 Å². The maximum atomic E-state index is 14.3. The van der Waals surface area contributed by atoms with Gasteiger partial charge in [-0.25, -0.2) is 8.42 Å². The lowest BCUT2D eigenvalue weighted by atomic mass is 9.65. The first-order chi connectivity index (χ1) is 17.0. The molecule has 0 unspecified atom stereocenters. The van der Waals surface area contributed by atoms with Gasteiger partial charge in [0.25, 0.3) is 0 Å². The second kappa shape index (κ2) is 11.5. The summed E-state index contributed by atoms with van der Waals surface area (Å²) in [5.41, 5.74) is 0.506. The molecule has 0 aliphatic carbocycles. The van der Waals surface area contributed by atoms with Crippen molar-refractivity contribution in [1.29, 1.82) is 0 Å². The van der Waals surface area contributed by atoms with E-state index in [2.05, 4.69) is 0 Å². The van der Waals surface area contributed by atoms with Crippen LogP contribution in [0, 0.1) is 5.41 Å². The summed E-state index contributed by atoms with van der Waals surface area (Å²) in [6.45, 7) is 5.27. The van der Waals surface area contributed by atoms with Crippen LogP contribution < -0.4 is 0 Å². The van der Waals surface area contributed by atoms with Crippen LogP contribution in [0.3, 0.4) is 0 Å². The van der Waals surface area contributed by atoms with Crippen molar-refractivity contribution < 1.29 is 23.1 Å². The highest BCUT2D eigenvalue weighted by Gasteiger charge is 2.54. The van der Waals surface area contributed by atoms with Gasteiger partial charge in [-0.3, -0.25) is 9.59 Å². The molecule has 196 valence electrons. The average molecular weight is 555 g/mol. The minimum absolute atomic E-state index is 0.0388. The van der Waals surface area contributed by atoms with Crippen LogP contribution in [0.4, 0.5) is 0 Å². The molecule has 1 aliphatic rings. The zero-order chi connectivity index (χ0) is 26.7. The molecule has 2 aromatic carbocycles. The molecule has 0 saturated carbocycles. The topological polar surface area (TPSA) is 91.8 Å². The predicted molar refractivity (Wildman–Crippen MR) is 143 cm³/mol. The highest BCUT2D eigenvalue weighted by atomic mass is 35.5. The molecule has 36 heavy (non-hydrogen) atoms. The molecule has 1 saturated heterocycles. The number of carbonyl (C=O) groups excluding carboxylic acids is 1. The highest BCUT2D eigenvalue weighted by Crippen LogP contribution is 2.53. The van der Waals surface area contributed by atoms with Crippen LogP contribution in [0.1, 0.15) is 69.5 Å². The molecular weight excluding hydrogens is 521 g/mol. The number of nitrogens with zero attached hydrogens (tertiary/aromatic N) is 1. The van der Waals surface area contributed by atoms with Gasteiger partial charge in [0.15, 0.2) is 9.84 Å². The Bertz CT molecular complexity index is 1200. The number of likely N-dealkylation sites (tertiary alicyclic amines) is 1. The molecule has 6 nitrogen and oxygen atoms in total. The van der Waals surface area contributed by atoms with Crippen molar-refractivity contribution in [3.63, 3.8) is 0 Å². The number of hydrogen-bond donors (Lipinski definition) is 1. The number of carboxylic acids is 1. The largest absolute Gasteiger partial charge is 0.481 e. The molecule has 1 N–H and O–H groups in total. The Balaban J connectivity index is 2.30. The van der Waals surface area contributed by atoms with E-state index in [0.717, 1.165) is 11.1 Å². The first-order valence-electron chi connectivity index (χ1n) is 12.2. The summed E-state index contributed by atoms with van der Waals surface area (Å²) in [5, 5.41) is 10.9. The quantitative estimate of drug-likeness (QED) is 0.381. The molecule has 1 fully saturated rings. The lowest BCUT2D eigenvalue weighted by Gasteiger charge is -2.52. The highest BCUT2D eigenvalue weighted by molar-refractivity contribution is 7.91. The van der Waals surface area contributed by atoms with Crippen molar-refractivity contribution in [2.45, 2.75) is 64.5 Å². The molecule has 0 spiro atoms. The standard InChI is InChI=1S/C27H33Cl2NO5S/c1-4-22(17-36(34,35)6-3)30-25(18-10-12-20(28)13-11-18)23(19-8-7-9-21(29)14-19)15-27(5-2,26(30)33)16-24(31)32/h7-14,22-23,25H,4-6,15-17H2,1-3H3,(H,31,32)/t22-,23+,25+,27+/m0/s1. The molecular formula is C27H33Cl2NO5S. The number of hydrogen-bond acceptors (Lipinski definition) is 4. The number of carbonyl (C=O) groups is 2. The molecule has 2 aromatic rings. The summed E-state index contributed by atoms with van der Waals surface area (Å²) in [4.78, 5) is 27.9. The minimum atomic E-state index is -3.42. The van der Waals surface area contributed by atoms with Gasteiger partial charge < -0.3 is 10.0 Å². The van der Waals surface area contributed by atoms with Gasteiger partial charge in [0, 0.05) is 27.8 Å². The number of amides is 1. The van der Waals surface area contributed by atoms with Crippen LogP contribution >= 0.6 is 23.2 Å². The summed E-state index contributed by atoms with van der Waals surface area (Å²) >= 11 is 12.5. The first-order valence-corrected chi connectivity index (χ1v) is 14.8. The number of sulfone groups is 1. The Labute approximate surface area is 223 Å². The van der Waals surface area contributed by atoms with Gasteiger partial charge >= 0.3 is 5.97 Å².